The summed E-state index contributed by atoms with van der Waals surface area (Å²) in [6, 6.07) is 8.76. The molecule has 1 saturated heterocycles. The molecule has 0 radical (unpaired) electrons. The molecule has 27 heavy (non-hydrogen) atoms. The highest BCUT2D eigenvalue weighted by atomic mass is 16.3. The lowest BCUT2D eigenvalue weighted by atomic mass is 9.99. The van der Waals surface area contributed by atoms with E-state index in [4.69, 9.17) is 4.42 Å². The summed E-state index contributed by atoms with van der Waals surface area (Å²) in [5.41, 5.74) is 2.37. The molecule has 3 amide bonds. The fraction of sp³-hybridized carbons (Fsp3) is 0.350. The first-order chi connectivity index (χ1) is 13.1. The molecule has 3 heterocycles. The van der Waals surface area contributed by atoms with Crippen LogP contribution in [0.3, 0.4) is 0 Å². The molecule has 2 aliphatic heterocycles. The molecule has 7 nitrogen and oxygen atoms in total. The van der Waals surface area contributed by atoms with E-state index in [0.29, 0.717) is 50.1 Å². The molecular formula is C20H21N3O4. The van der Waals surface area contributed by atoms with Crippen molar-refractivity contribution in [2.24, 2.45) is 0 Å². The first-order valence-corrected chi connectivity index (χ1v) is 9.16. The van der Waals surface area contributed by atoms with Gasteiger partial charge >= 0.3 is 0 Å². The number of aryl methyl sites for hydroxylation is 1. The average molecular weight is 367 g/mol. The smallest absolute Gasteiger partial charge is 0.289 e. The summed E-state index contributed by atoms with van der Waals surface area (Å²) in [5, 5.41) is 5.88. The number of nitrogens with zero attached hydrogens (tertiary/aromatic N) is 1. The number of anilines is 1. The first-order valence-electron chi connectivity index (χ1n) is 9.16. The predicted molar refractivity (Wildman–Crippen MR) is 98.5 cm³/mol. The maximum Gasteiger partial charge on any atom is 0.289 e. The fourth-order valence-corrected chi connectivity index (χ4v) is 3.58. The molecule has 0 saturated carbocycles. The van der Waals surface area contributed by atoms with Gasteiger partial charge < -0.3 is 20.0 Å². The van der Waals surface area contributed by atoms with Gasteiger partial charge in [-0.2, -0.15) is 0 Å². The number of hydrogen-bond donors (Lipinski definition) is 2. The van der Waals surface area contributed by atoms with E-state index in [1.54, 1.807) is 29.2 Å². The fourth-order valence-electron chi connectivity index (χ4n) is 3.58. The van der Waals surface area contributed by atoms with Gasteiger partial charge in [0.1, 0.15) is 0 Å². The summed E-state index contributed by atoms with van der Waals surface area (Å²) in [6.07, 6.45) is 4.00. The van der Waals surface area contributed by atoms with Gasteiger partial charge in [0, 0.05) is 36.8 Å². The molecule has 2 aliphatic rings. The van der Waals surface area contributed by atoms with Crippen LogP contribution < -0.4 is 10.6 Å². The predicted octanol–water partition coefficient (Wildman–Crippen LogP) is 2.20. The second-order valence-corrected chi connectivity index (χ2v) is 6.94. The molecule has 0 bridgehead atoms. The third-order valence-electron chi connectivity index (χ3n) is 5.11. The van der Waals surface area contributed by atoms with Crippen LogP contribution in [0, 0.1) is 0 Å². The van der Waals surface area contributed by atoms with Gasteiger partial charge in [0.25, 0.3) is 11.8 Å². The Hall–Kier alpha value is -3.09. The van der Waals surface area contributed by atoms with Crippen molar-refractivity contribution in [2.45, 2.75) is 31.7 Å². The normalized spacial score (nSPS) is 17.2. The number of rotatable bonds is 3. The molecule has 0 atom stereocenters. The third kappa shape index (κ3) is 3.72. The zero-order valence-corrected chi connectivity index (χ0v) is 14.9. The summed E-state index contributed by atoms with van der Waals surface area (Å²) < 4.78 is 5.16. The van der Waals surface area contributed by atoms with Gasteiger partial charge in [0.15, 0.2) is 5.76 Å². The molecule has 0 aliphatic carbocycles. The summed E-state index contributed by atoms with van der Waals surface area (Å²) in [4.78, 5) is 38.0. The van der Waals surface area contributed by atoms with Crippen molar-refractivity contribution in [2.75, 3.05) is 18.4 Å². The quantitative estimate of drug-likeness (QED) is 0.870. The Morgan fingerprint density at radius 1 is 1.15 bits per heavy atom. The average Bonchev–Trinajstić information content (AvgIpc) is 3.22. The van der Waals surface area contributed by atoms with Crippen LogP contribution in [0.15, 0.2) is 41.0 Å². The van der Waals surface area contributed by atoms with Crippen LogP contribution in [0.2, 0.25) is 0 Å². The van der Waals surface area contributed by atoms with E-state index in [2.05, 4.69) is 10.6 Å². The maximum absolute atomic E-state index is 12.6. The monoisotopic (exact) mass is 367 g/mol. The topological polar surface area (TPSA) is 91.7 Å². The van der Waals surface area contributed by atoms with Crippen molar-refractivity contribution >= 4 is 23.4 Å². The summed E-state index contributed by atoms with van der Waals surface area (Å²) in [6.45, 7) is 1.17. The number of carbonyl (C=O) groups excluding carboxylic acids is 3. The van der Waals surface area contributed by atoms with Crippen molar-refractivity contribution in [1.29, 1.82) is 0 Å². The number of furan rings is 1. The van der Waals surface area contributed by atoms with E-state index in [1.807, 2.05) is 6.07 Å². The number of carbonyl (C=O) groups is 3. The van der Waals surface area contributed by atoms with E-state index in [0.717, 1.165) is 11.3 Å². The van der Waals surface area contributed by atoms with Gasteiger partial charge in [-0.15, -0.1) is 0 Å². The van der Waals surface area contributed by atoms with Gasteiger partial charge in [-0.1, -0.05) is 0 Å². The van der Waals surface area contributed by atoms with E-state index in [1.165, 1.54) is 6.26 Å². The standard InChI is InChI=1S/C20H21N3O4/c24-18-6-4-13-12-14(3-5-16(13)22-18)19(25)21-15-7-9-23(10-8-15)20(26)17-2-1-11-27-17/h1-3,5,11-12,15H,4,6-10H2,(H,21,25)(H,22,24). The SMILES string of the molecule is O=C1CCc2cc(C(=O)NC3CCN(C(=O)c4ccco4)CC3)ccc2N1. The molecule has 1 aromatic heterocycles. The van der Waals surface area contributed by atoms with Crippen molar-refractivity contribution in [3.8, 4) is 0 Å². The van der Waals surface area contributed by atoms with Crippen LogP contribution in [0.5, 0.6) is 0 Å². The summed E-state index contributed by atoms with van der Waals surface area (Å²) in [7, 11) is 0. The Balaban J connectivity index is 1.33. The zero-order valence-electron chi connectivity index (χ0n) is 14.9. The van der Waals surface area contributed by atoms with Gasteiger partial charge in [-0.05, 0) is 55.2 Å². The highest BCUT2D eigenvalue weighted by Crippen LogP contribution is 2.24. The molecule has 2 aromatic rings. The number of amides is 3. The number of hydrogen-bond acceptors (Lipinski definition) is 4. The minimum absolute atomic E-state index is 0.00977. The van der Waals surface area contributed by atoms with Crippen molar-refractivity contribution in [3.05, 3.63) is 53.5 Å². The number of benzene rings is 1. The van der Waals surface area contributed by atoms with Crippen molar-refractivity contribution < 1.29 is 18.8 Å². The molecule has 1 fully saturated rings. The maximum atomic E-state index is 12.6. The molecular weight excluding hydrogens is 346 g/mol. The van der Waals surface area contributed by atoms with E-state index in [-0.39, 0.29) is 23.8 Å². The van der Waals surface area contributed by atoms with Crippen molar-refractivity contribution in [1.82, 2.24) is 10.2 Å². The van der Waals surface area contributed by atoms with Crippen LogP contribution in [0.25, 0.3) is 0 Å². The molecule has 0 unspecified atom stereocenters. The van der Waals surface area contributed by atoms with Gasteiger partial charge in [0.05, 0.1) is 6.26 Å². The lowest BCUT2D eigenvalue weighted by molar-refractivity contribution is -0.116. The lowest BCUT2D eigenvalue weighted by Crippen LogP contribution is -2.46. The molecule has 1 aromatic carbocycles. The minimum atomic E-state index is -0.120. The van der Waals surface area contributed by atoms with Crippen LogP contribution in [0.1, 0.15) is 45.7 Å². The number of fused-ring (bicyclic) bond motifs is 1. The Morgan fingerprint density at radius 3 is 2.70 bits per heavy atom. The van der Waals surface area contributed by atoms with Crippen LogP contribution in [-0.4, -0.2) is 41.8 Å². The molecule has 7 heteroatoms. The van der Waals surface area contributed by atoms with E-state index < -0.39 is 0 Å². The van der Waals surface area contributed by atoms with Crippen molar-refractivity contribution in [3.63, 3.8) is 0 Å². The highest BCUT2D eigenvalue weighted by Gasteiger charge is 2.26. The first kappa shape index (κ1) is 17.3. The second kappa shape index (κ2) is 7.26. The second-order valence-electron chi connectivity index (χ2n) is 6.94. The zero-order chi connectivity index (χ0) is 18.8. The Bertz CT molecular complexity index is 867. The van der Waals surface area contributed by atoms with E-state index in [9.17, 15) is 14.4 Å². The number of likely N-dealkylation sites (tertiary alicyclic amines) is 1. The van der Waals surface area contributed by atoms with Gasteiger partial charge in [0.2, 0.25) is 5.91 Å². The van der Waals surface area contributed by atoms with E-state index >= 15 is 0 Å². The summed E-state index contributed by atoms with van der Waals surface area (Å²) >= 11 is 0. The lowest BCUT2D eigenvalue weighted by Gasteiger charge is -2.32. The van der Waals surface area contributed by atoms with Crippen LogP contribution in [-0.2, 0) is 11.2 Å². The largest absolute Gasteiger partial charge is 0.459 e. The number of piperidine rings is 1. The highest BCUT2D eigenvalue weighted by molar-refractivity contribution is 5.98. The molecule has 140 valence electrons. The Labute approximate surface area is 156 Å². The van der Waals surface area contributed by atoms with Gasteiger partial charge in [-0.3, -0.25) is 14.4 Å². The summed E-state index contributed by atoms with van der Waals surface area (Å²) in [5.74, 6) is 0.126. The van der Waals surface area contributed by atoms with Crippen LogP contribution >= 0.6 is 0 Å². The molecule has 4 rings (SSSR count). The molecule has 2 N–H and O–H groups in total. The molecule has 0 spiro atoms. The number of nitrogens with one attached hydrogen (secondary N) is 2. The Morgan fingerprint density at radius 2 is 1.96 bits per heavy atom. The minimum Gasteiger partial charge on any atom is -0.459 e. The van der Waals surface area contributed by atoms with Crippen LogP contribution in [0.4, 0.5) is 5.69 Å². The Kier molecular flexibility index (Phi) is 4.66. The third-order valence-corrected chi connectivity index (χ3v) is 5.11. The van der Waals surface area contributed by atoms with Gasteiger partial charge in [-0.25, -0.2) is 0 Å².